The van der Waals surface area contributed by atoms with E-state index in [0.29, 0.717) is 49.5 Å². The minimum atomic E-state index is -0.122. The Kier molecular flexibility index (Phi) is 6.53. The molecule has 0 radical (unpaired) electrons. The topological polar surface area (TPSA) is 84.7 Å². The predicted octanol–water partition coefficient (Wildman–Crippen LogP) is 3.09. The first-order valence-electron chi connectivity index (χ1n) is 9.63. The number of hydrogen-bond donors (Lipinski definition) is 2. The van der Waals surface area contributed by atoms with Crippen LogP contribution in [-0.4, -0.2) is 36.9 Å². The monoisotopic (exact) mass is 381 g/mol. The predicted molar refractivity (Wildman–Crippen MR) is 110 cm³/mol. The molecule has 1 aliphatic rings. The number of methoxy groups -OCH3 is 1. The van der Waals surface area contributed by atoms with Gasteiger partial charge in [-0.3, -0.25) is 9.59 Å². The number of nitrogens with zero attached hydrogens (tertiary/aromatic N) is 1. The highest BCUT2D eigenvalue weighted by Crippen LogP contribution is 2.26. The molecule has 1 saturated heterocycles. The maximum Gasteiger partial charge on any atom is 0.227 e. The molecule has 0 aliphatic carbocycles. The first-order chi connectivity index (χ1) is 13.6. The summed E-state index contributed by atoms with van der Waals surface area (Å²) in [4.78, 5) is 26.9. The Morgan fingerprint density at radius 3 is 2.54 bits per heavy atom. The highest BCUT2D eigenvalue weighted by atomic mass is 16.5. The second kappa shape index (κ2) is 9.26. The van der Waals surface area contributed by atoms with Gasteiger partial charge in [0, 0.05) is 31.5 Å². The molecule has 0 atom stereocenters. The summed E-state index contributed by atoms with van der Waals surface area (Å²) >= 11 is 0. The number of nitrogens with two attached hydrogens (primary N) is 1. The van der Waals surface area contributed by atoms with E-state index in [1.165, 1.54) is 5.56 Å². The van der Waals surface area contributed by atoms with Gasteiger partial charge in [0.15, 0.2) is 0 Å². The lowest BCUT2D eigenvalue weighted by Gasteiger charge is -2.31. The molecule has 1 fully saturated rings. The molecule has 3 rings (SSSR count). The highest BCUT2D eigenvalue weighted by molar-refractivity contribution is 5.95. The van der Waals surface area contributed by atoms with Gasteiger partial charge in [-0.05, 0) is 37.0 Å². The Balaban J connectivity index is 1.48. The van der Waals surface area contributed by atoms with Crippen LogP contribution in [0.3, 0.4) is 0 Å². The molecule has 148 valence electrons. The van der Waals surface area contributed by atoms with Crippen molar-refractivity contribution in [2.75, 3.05) is 31.2 Å². The number of nitrogens with one attached hydrogen (secondary N) is 1. The van der Waals surface area contributed by atoms with Crippen molar-refractivity contribution in [3.63, 3.8) is 0 Å². The van der Waals surface area contributed by atoms with Gasteiger partial charge in [0.25, 0.3) is 0 Å². The van der Waals surface area contributed by atoms with E-state index in [1.54, 1.807) is 25.3 Å². The van der Waals surface area contributed by atoms with E-state index in [9.17, 15) is 9.59 Å². The third-order valence-corrected chi connectivity index (χ3v) is 5.21. The molecule has 0 aromatic heterocycles. The van der Waals surface area contributed by atoms with Crippen LogP contribution in [0.4, 0.5) is 11.4 Å². The lowest BCUT2D eigenvalue weighted by atomic mass is 9.95. The van der Waals surface area contributed by atoms with E-state index >= 15 is 0 Å². The molecule has 3 N–H and O–H groups in total. The average molecular weight is 381 g/mol. The fourth-order valence-corrected chi connectivity index (χ4v) is 3.45. The summed E-state index contributed by atoms with van der Waals surface area (Å²) in [6.07, 6.45) is 2.57. The highest BCUT2D eigenvalue weighted by Gasteiger charge is 2.27. The molecule has 28 heavy (non-hydrogen) atoms. The van der Waals surface area contributed by atoms with Gasteiger partial charge in [-0.2, -0.15) is 0 Å². The minimum absolute atomic E-state index is 0.0589. The van der Waals surface area contributed by atoms with Crippen LogP contribution in [0.2, 0.25) is 0 Å². The van der Waals surface area contributed by atoms with Crippen LogP contribution in [0.25, 0.3) is 0 Å². The zero-order chi connectivity index (χ0) is 19.9. The fourth-order valence-electron chi connectivity index (χ4n) is 3.45. The van der Waals surface area contributed by atoms with Gasteiger partial charge in [-0.25, -0.2) is 0 Å². The van der Waals surface area contributed by atoms with E-state index in [-0.39, 0.29) is 17.7 Å². The van der Waals surface area contributed by atoms with Crippen LogP contribution in [0.15, 0.2) is 48.5 Å². The molecule has 2 aromatic rings. The first kappa shape index (κ1) is 19.7. The van der Waals surface area contributed by atoms with E-state index in [0.717, 1.165) is 6.42 Å². The number of aryl methyl sites for hydroxylation is 1. The molecular formula is C22H27N3O3. The standard InChI is InChI=1S/C22H27N3O3/c1-28-18-8-9-19(23)20(15-18)24-22(27)17-11-13-25(14-12-17)21(26)10-7-16-5-3-2-4-6-16/h2-6,8-9,15,17H,7,10-14,23H2,1H3,(H,24,27). The average Bonchev–Trinajstić information content (AvgIpc) is 2.74. The number of ether oxygens (including phenoxy) is 1. The van der Waals surface area contributed by atoms with Crippen LogP contribution in [0.5, 0.6) is 5.75 Å². The third-order valence-electron chi connectivity index (χ3n) is 5.21. The van der Waals surface area contributed by atoms with Gasteiger partial charge in [-0.1, -0.05) is 30.3 Å². The number of likely N-dealkylation sites (tertiary alicyclic amines) is 1. The summed E-state index contributed by atoms with van der Waals surface area (Å²) in [5.41, 5.74) is 8.17. The Morgan fingerprint density at radius 1 is 1.14 bits per heavy atom. The number of amides is 2. The van der Waals surface area contributed by atoms with E-state index in [4.69, 9.17) is 10.5 Å². The normalized spacial score (nSPS) is 14.5. The zero-order valence-electron chi connectivity index (χ0n) is 16.2. The van der Waals surface area contributed by atoms with Gasteiger partial charge >= 0.3 is 0 Å². The number of benzene rings is 2. The summed E-state index contributed by atoms with van der Waals surface area (Å²) in [5, 5.41) is 2.90. The Bertz CT molecular complexity index is 815. The number of rotatable bonds is 6. The number of piperidine rings is 1. The zero-order valence-corrected chi connectivity index (χ0v) is 16.2. The Labute approximate surface area is 165 Å². The summed E-state index contributed by atoms with van der Waals surface area (Å²) < 4.78 is 5.18. The van der Waals surface area contributed by atoms with Gasteiger partial charge in [0.2, 0.25) is 11.8 Å². The summed E-state index contributed by atoms with van der Waals surface area (Å²) in [6, 6.07) is 15.2. The number of carbonyl (C=O) groups excluding carboxylic acids is 2. The second-order valence-corrected chi connectivity index (χ2v) is 7.08. The number of anilines is 2. The van der Waals surface area contributed by atoms with Crippen molar-refractivity contribution in [1.82, 2.24) is 4.90 Å². The smallest absolute Gasteiger partial charge is 0.227 e. The number of nitrogen functional groups attached to an aromatic ring is 1. The van der Waals surface area contributed by atoms with Crippen LogP contribution >= 0.6 is 0 Å². The quantitative estimate of drug-likeness (QED) is 0.753. The maximum absolute atomic E-state index is 12.6. The molecule has 1 heterocycles. The summed E-state index contributed by atoms with van der Waals surface area (Å²) in [7, 11) is 1.57. The Morgan fingerprint density at radius 2 is 1.86 bits per heavy atom. The van der Waals surface area contributed by atoms with Crippen LogP contribution in [-0.2, 0) is 16.0 Å². The van der Waals surface area contributed by atoms with Gasteiger partial charge in [0.1, 0.15) is 5.75 Å². The summed E-state index contributed by atoms with van der Waals surface area (Å²) in [5.74, 6) is 0.614. The van der Waals surface area contributed by atoms with Crippen LogP contribution < -0.4 is 15.8 Å². The molecule has 0 saturated carbocycles. The SMILES string of the molecule is COc1ccc(N)c(NC(=O)C2CCN(C(=O)CCc3ccccc3)CC2)c1. The Hall–Kier alpha value is -3.02. The van der Waals surface area contributed by atoms with Crippen molar-refractivity contribution in [2.45, 2.75) is 25.7 Å². The summed E-state index contributed by atoms with van der Waals surface area (Å²) in [6.45, 7) is 1.22. The van der Waals surface area contributed by atoms with Crippen molar-refractivity contribution in [3.8, 4) is 5.75 Å². The molecule has 2 amide bonds. The van der Waals surface area contributed by atoms with Crippen LogP contribution in [0, 0.1) is 5.92 Å². The molecule has 0 spiro atoms. The number of carbonyl (C=O) groups is 2. The molecule has 6 heteroatoms. The molecule has 0 unspecified atom stereocenters. The second-order valence-electron chi connectivity index (χ2n) is 7.08. The van der Waals surface area contributed by atoms with Crippen molar-refractivity contribution >= 4 is 23.2 Å². The minimum Gasteiger partial charge on any atom is -0.497 e. The van der Waals surface area contributed by atoms with E-state index < -0.39 is 0 Å². The molecule has 6 nitrogen and oxygen atoms in total. The maximum atomic E-state index is 12.6. The van der Waals surface area contributed by atoms with Crippen molar-refractivity contribution in [2.24, 2.45) is 5.92 Å². The molecule has 1 aliphatic heterocycles. The van der Waals surface area contributed by atoms with Gasteiger partial charge in [0.05, 0.1) is 18.5 Å². The molecule has 2 aromatic carbocycles. The van der Waals surface area contributed by atoms with Crippen molar-refractivity contribution in [1.29, 1.82) is 0 Å². The number of hydrogen-bond acceptors (Lipinski definition) is 4. The third kappa shape index (κ3) is 5.03. The lowest BCUT2D eigenvalue weighted by Crippen LogP contribution is -2.41. The largest absolute Gasteiger partial charge is 0.497 e. The van der Waals surface area contributed by atoms with E-state index in [2.05, 4.69) is 5.32 Å². The van der Waals surface area contributed by atoms with Gasteiger partial charge in [-0.15, -0.1) is 0 Å². The molecular weight excluding hydrogens is 354 g/mol. The fraction of sp³-hybridized carbons (Fsp3) is 0.364. The van der Waals surface area contributed by atoms with Crippen molar-refractivity contribution in [3.05, 3.63) is 54.1 Å². The van der Waals surface area contributed by atoms with E-state index in [1.807, 2.05) is 35.2 Å². The lowest BCUT2D eigenvalue weighted by molar-refractivity contribution is -0.134. The van der Waals surface area contributed by atoms with Crippen LogP contribution in [0.1, 0.15) is 24.8 Å². The van der Waals surface area contributed by atoms with Gasteiger partial charge < -0.3 is 20.7 Å². The van der Waals surface area contributed by atoms with Crippen molar-refractivity contribution < 1.29 is 14.3 Å². The molecule has 0 bridgehead atoms. The first-order valence-corrected chi connectivity index (χ1v) is 9.63.